The standard InChI is InChI=1S/C17H24O4/c1-10(2)4-5-12-6-7-14(19)13-9-21-16(11(3)18)8-15(20)17(12)13/h4,6-7,11,15-16,18-20H,5,8-9H2,1-3H3/t11-,15+,16-/m1/s1. The number of aromatic hydroxyl groups is 1. The Morgan fingerprint density at radius 1 is 1.43 bits per heavy atom. The second-order valence-electron chi connectivity index (χ2n) is 5.96. The third-order valence-corrected chi connectivity index (χ3v) is 3.92. The Kier molecular flexibility index (Phi) is 5.04. The van der Waals surface area contributed by atoms with E-state index in [0.29, 0.717) is 18.4 Å². The van der Waals surface area contributed by atoms with Gasteiger partial charge in [-0.1, -0.05) is 17.7 Å². The molecule has 0 saturated heterocycles. The lowest BCUT2D eigenvalue weighted by atomic mass is 9.91. The fraction of sp³-hybridized carbons (Fsp3) is 0.529. The van der Waals surface area contributed by atoms with Crippen LogP contribution in [0.4, 0.5) is 0 Å². The van der Waals surface area contributed by atoms with Crippen molar-refractivity contribution in [1.82, 2.24) is 0 Å². The molecule has 0 spiro atoms. The van der Waals surface area contributed by atoms with E-state index in [0.717, 1.165) is 11.1 Å². The van der Waals surface area contributed by atoms with E-state index < -0.39 is 18.3 Å². The van der Waals surface area contributed by atoms with Gasteiger partial charge in [-0.05, 0) is 44.4 Å². The fourth-order valence-electron chi connectivity index (χ4n) is 2.69. The molecule has 1 aliphatic rings. The van der Waals surface area contributed by atoms with Gasteiger partial charge in [-0.2, -0.15) is 0 Å². The van der Waals surface area contributed by atoms with Crippen LogP contribution in [0.1, 0.15) is 50.0 Å². The molecule has 0 unspecified atom stereocenters. The summed E-state index contributed by atoms with van der Waals surface area (Å²) in [7, 11) is 0. The van der Waals surface area contributed by atoms with Gasteiger partial charge in [-0.25, -0.2) is 0 Å². The molecule has 0 bridgehead atoms. The third-order valence-electron chi connectivity index (χ3n) is 3.92. The first kappa shape index (κ1) is 16.0. The van der Waals surface area contributed by atoms with Crippen molar-refractivity contribution < 1.29 is 20.1 Å². The maximum atomic E-state index is 10.5. The second-order valence-corrected chi connectivity index (χ2v) is 5.96. The average molecular weight is 292 g/mol. The van der Waals surface area contributed by atoms with Crippen LogP contribution < -0.4 is 0 Å². The van der Waals surface area contributed by atoms with E-state index in [2.05, 4.69) is 6.08 Å². The van der Waals surface area contributed by atoms with E-state index in [9.17, 15) is 15.3 Å². The van der Waals surface area contributed by atoms with Crippen molar-refractivity contribution in [2.24, 2.45) is 0 Å². The van der Waals surface area contributed by atoms with E-state index in [4.69, 9.17) is 4.74 Å². The minimum Gasteiger partial charge on any atom is -0.508 e. The molecule has 2 rings (SSSR count). The molecule has 1 aromatic rings. The van der Waals surface area contributed by atoms with Crippen LogP contribution in [0.15, 0.2) is 23.8 Å². The summed E-state index contributed by atoms with van der Waals surface area (Å²) < 4.78 is 5.64. The average Bonchev–Trinajstić information content (AvgIpc) is 2.59. The minimum absolute atomic E-state index is 0.135. The smallest absolute Gasteiger partial charge is 0.121 e. The third kappa shape index (κ3) is 3.64. The lowest BCUT2D eigenvalue weighted by Gasteiger charge is -2.20. The second kappa shape index (κ2) is 6.60. The molecule has 4 nitrogen and oxygen atoms in total. The van der Waals surface area contributed by atoms with Crippen molar-refractivity contribution in [3.05, 3.63) is 40.5 Å². The van der Waals surface area contributed by atoms with Crippen LogP contribution in [0.2, 0.25) is 0 Å². The number of rotatable bonds is 3. The highest BCUT2D eigenvalue weighted by Gasteiger charge is 2.29. The maximum absolute atomic E-state index is 10.5. The van der Waals surface area contributed by atoms with E-state index in [1.165, 1.54) is 5.57 Å². The van der Waals surface area contributed by atoms with E-state index in [1.807, 2.05) is 19.9 Å². The Morgan fingerprint density at radius 2 is 2.14 bits per heavy atom. The summed E-state index contributed by atoms with van der Waals surface area (Å²) in [6.45, 7) is 5.91. The highest BCUT2D eigenvalue weighted by molar-refractivity contribution is 5.46. The van der Waals surface area contributed by atoms with Gasteiger partial charge in [0.05, 0.1) is 24.9 Å². The van der Waals surface area contributed by atoms with Gasteiger partial charge in [0.1, 0.15) is 5.75 Å². The molecule has 0 radical (unpaired) electrons. The summed E-state index contributed by atoms with van der Waals surface area (Å²) in [4.78, 5) is 0. The first-order valence-corrected chi connectivity index (χ1v) is 7.34. The normalized spacial score (nSPS) is 23.1. The van der Waals surface area contributed by atoms with Crippen LogP contribution in [0.3, 0.4) is 0 Å². The minimum atomic E-state index is -0.741. The molecule has 0 amide bonds. The Bertz CT molecular complexity index is 530. The predicted octanol–water partition coefficient (Wildman–Crippen LogP) is 2.60. The van der Waals surface area contributed by atoms with Crippen molar-refractivity contribution in [3.8, 4) is 5.75 Å². The SMILES string of the molecule is CC(C)=CCc1ccc(O)c2c1[C@@H](O)C[C@H]([C@@H](C)O)OC2. The van der Waals surface area contributed by atoms with E-state index in [-0.39, 0.29) is 12.4 Å². The van der Waals surface area contributed by atoms with Crippen LogP contribution in [-0.4, -0.2) is 27.5 Å². The quantitative estimate of drug-likeness (QED) is 0.749. The highest BCUT2D eigenvalue weighted by atomic mass is 16.5. The van der Waals surface area contributed by atoms with E-state index >= 15 is 0 Å². The van der Waals surface area contributed by atoms with Gasteiger partial charge >= 0.3 is 0 Å². The summed E-state index contributed by atoms with van der Waals surface area (Å²) in [5, 5.41) is 30.3. The van der Waals surface area contributed by atoms with Gasteiger partial charge in [0.25, 0.3) is 0 Å². The molecule has 1 heterocycles. The number of hydrogen-bond acceptors (Lipinski definition) is 4. The topological polar surface area (TPSA) is 69.9 Å². The van der Waals surface area contributed by atoms with Gasteiger partial charge < -0.3 is 20.1 Å². The summed E-state index contributed by atoms with van der Waals surface area (Å²) in [5.41, 5.74) is 3.57. The van der Waals surface area contributed by atoms with Crippen LogP contribution in [0.5, 0.6) is 5.75 Å². The Morgan fingerprint density at radius 3 is 2.76 bits per heavy atom. The van der Waals surface area contributed by atoms with Gasteiger partial charge in [0.2, 0.25) is 0 Å². The zero-order valence-corrected chi connectivity index (χ0v) is 12.8. The molecular weight excluding hydrogens is 268 g/mol. The number of phenols is 1. The van der Waals surface area contributed by atoms with Crippen molar-refractivity contribution in [2.75, 3.05) is 0 Å². The molecule has 116 valence electrons. The molecule has 0 aliphatic carbocycles. The van der Waals surface area contributed by atoms with Gasteiger partial charge in [-0.3, -0.25) is 0 Å². The molecule has 1 aromatic carbocycles. The van der Waals surface area contributed by atoms with Crippen molar-refractivity contribution in [2.45, 2.75) is 58.5 Å². The molecule has 0 saturated carbocycles. The van der Waals surface area contributed by atoms with Crippen LogP contribution in [-0.2, 0) is 17.8 Å². The zero-order chi connectivity index (χ0) is 15.6. The molecule has 1 aliphatic heterocycles. The molecule has 3 N–H and O–H groups in total. The van der Waals surface area contributed by atoms with Gasteiger partial charge in [0, 0.05) is 12.0 Å². The van der Waals surface area contributed by atoms with Crippen LogP contribution in [0.25, 0.3) is 0 Å². The summed E-state index contributed by atoms with van der Waals surface area (Å²) in [6.07, 6.45) is 1.31. The summed E-state index contributed by atoms with van der Waals surface area (Å²) in [5.74, 6) is 0.135. The summed E-state index contributed by atoms with van der Waals surface area (Å²) in [6, 6.07) is 3.49. The number of aliphatic hydroxyl groups excluding tert-OH is 2. The Hall–Kier alpha value is -1.36. The maximum Gasteiger partial charge on any atom is 0.121 e. The lowest BCUT2D eigenvalue weighted by Crippen LogP contribution is -2.26. The zero-order valence-electron chi connectivity index (χ0n) is 12.8. The first-order valence-electron chi connectivity index (χ1n) is 7.34. The van der Waals surface area contributed by atoms with Crippen LogP contribution in [0, 0.1) is 0 Å². The largest absolute Gasteiger partial charge is 0.508 e. The number of hydrogen-bond donors (Lipinski definition) is 3. The number of phenolic OH excluding ortho intramolecular Hbond substituents is 1. The number of ether oxygens (including phenoxy) is 1. The Balaban J connectivity index is 2.40. The van der Waals surface area contributed by atoms with Gasteiger partial charge in [0.15, 0.2) is 0 Å². The van der Waals surface area contributed by atoms with Crippen molar-refractivity contribution in [3.63, 3.8) is 0 Å². The number of fused-ring (bicyclic) bond motifs is 1. The van der Waals surface area contributed by atoms with Crippen molar-refractivity contribution in [1.29, 1.82) is 0 Å². The summed E-state index contributed by atoms with van der Waals surface area (Å²) >= 11 is 0. The number of allylic oxidation sites excluding steroid dienone is 2. The number of benzene rings is 1. The predicted molar refractivity (Wildman–Crippen MR) is 81.1 cm³/mol. The molecule has 21 heavy (non-hydrogen) atoms. The molecule has 0 aromatic heterocycles. The Labute approximate surface area is 125 Å². The molecule has 3 atom stereocenters. The van der Waals surface area contributed by atoms with Crippen LogP contribution >= 0.6 is 0 Å². The first-order chi connectivity index (χ1) is 9.90. The lowest BCUT2D eigenvalue weighted by molar-refractivity contribution is -0.0537. The molecule has 0 fully saturated rings. The molecular formula is C17H24O4. The highest BCUT2D eigenvalue weighted by Crippen LogP contribution is 2.36. The fourth-order valence-corrected chi connectivity index (χ4v) is 2.69. The van der Waals surface area contributed by atoms with Gasteiger partial charge in [-0.15, -0.1) is 0 Å². The van der Waals surface area contributed by atoms with E-state index in [1.54, 1.807) is 13.0 Å². The molecule has 4 heteroatoms. The van der Waals surface area contributed by atoms with Crippen molar-refractivity contribution >= 4 is 0 Å². The monoisotopic (exact) mass is 292 g/mol. The number of aliphatic hydroxyl groups is 2.